The minimum absolute atomic E-state index is 0.0855. The van der Waals surface area contributed by atoms with Gasteiger partial charge in [0.15, 0.2) is 11.2 Å². The number of benzene rings is 1. The molecule has 1 saturated carbocycles. The second-order valence-corrected chi connectivity index (χ2v) is 9.04. The third kappa shape index (κ3) is 3.23. The second-order valence-electron chi connectivity index (χ2n) is 8.61. The molecule has 0 aliphatic heterocycles. The first-order valence-electron chi connectivity index (χ1n) is 10.6. The number of hydrogen-bond acceptors (Lipinski definition) is 5. The van der Waals surface area contributed by atoms with Gasteiger partial charge in [-0.15, -0.1) is 0 Å². The van der Waals surface area contributed by atoms with Gasteiger partial charge in [0.2, 0.25) is 5.95 Å². The standard InChI is InChI=1S/C22H25ClN6O3/c1-26-15(9-12-8-13(23)4-7-17(12)26)11-29-20(31)18-19(28(3)22(29)32)25-21(27(18)2)24-14-5-6-16(30)10-14/h4,7-9,14,16,30H,5-6,10-11H2,1-3H3,(H,24,25). The van der Waals surface area contributed by atoms with E-state index in [0.717, 1.165) is 29.4 Å². The van der Waals surface area contributed by atoms with Gasteiger partial charge in [0, 0.05) is 48.8 Å². The first kappa shape index (κ1) is 20.8. The highest BCUT2D eigenvalue weighted by molar-refractivity contribution is 6.31. The van der Waals surface area contributed by atoms with E-state index in [1.54, 1.807) is 18.7 Å². The Balaban J connectivity index is 1.60. The normalized spacial score (nSPS) is 18.8. The summed E-state index contributed by atoms with van der Waals surface area (Å²) in [5, 5.41) is 14.7. The fourth-order valence-corrected chi connectivity index (χ4v) is 4.86. The van der Waals surface area contributed by atoms with Gasteiger partial charge in [-0.3, -0.25) is 13.9 Å². The summed E-state index contributed by atoms with van der Waals surface area (Å²) in [6.45, 7) is 0.132. The molecule has 2 unspecified atom stereocenters. The number of rotatable bonds is 4. The van der Waals surface area contributed by atoms with Gasteiger partial charge in [0.1, 0.15) is 0 Å². The molecule has 10 heteroatoms. The Morgan fingerprint density at radius 3 is 2.62 bits per heavy atom. The van der Waals surface area contributed by atoms with Crippen LogP contribution < -0.4 is 16.6 Å². The summed E-state index contributed by atoms with van der Waals surface area (Å²) in [4.78, 5) is 31.0. The Morgan fingerprint density at radius 1 is 1.12 bits per heavy atom. The summed E-state index contributed by atoms with van der Waals surface area (Å²) >= 11 is 6.12. The number of nitrogens with zero attached hydrogens (tertiary/aromatic N) is 5. The molecule has 1 aromatic carbocycles. The minimum atomic E-state index is -0.424. The number of aliphatic hydroxyl groups excluding tert-OH is 1. The lowest BCUT2D eigenvalue weighted by molar-refractivity contribution is 0.182. The summed E-state index contributed by atoms with van der Waals surface area (Å²) in [7, 11) is 5.29. The van der Waals surface area contributed by atoms with Crippen molar-refractivity contribution in [2.45, 2.75) is 38.0 Å². The van der Waals surface area contributed by atoms with Crippen molar-refractivity contribution in [2.24, 2.45) is 21.1 Å². The van der Waals surface area contributed by atoms with Crippen LogP contribution >= 0.6 is 11.6 Å². The van der Waals surface area contributed by atoms with Crippen molar-refractivity contribution in [1.82, 2.24) is 23.3 Å². The topological polar surface area (TPSA) is 99.0 Å². The number of nitrogens with one attached hydrogen (secondary N) is 1. The summed E-state index contributed by atoms with van der Waals surface area (Å²) < 4.78 is 6.30. The molecule has 5 rings (SSSR count). The molecule has 0 saturated heterocycles. The molecule has 1 aliphatic carbocycles. The fourth-order valence-electron chi connectivity index (χ4n) is 4.67. The van der Waals surface area contributed by atoms with Crippen LogP contribution in [0.25, 0.3) is 22.1 Å². The van der Waals surface area contributed by atoms with Gasteiger partial charge in [0.05, 0.1) is 12.6 Å². The fraction of sp³-hybridized carbons (Fsp3) is 0.409. The van der Waals surface area contributed by atoms with Crippen molar-refractivity contribution in [3.05, 3.63) is 55.8 Å². The van der Waals surface area contributed by atoms with Crippen molar-refractivity contribution in [3.63, 3.8) is 0 Å². The molecule has 2 atom stereocenters. The van der Waals surface area contributed by atoms with Crippen molar-refractivity contribution in [3.8, 4) is 0 Å². The van der Waals surface area contributed by atoms with E-state index in [1.165, 1.54) is 9.13 Å². The van der Waals surface area contributed by atoms with Gasteiger partial charge < -0.3 is 19.6 Å². The number of aliphatic hydroxyl groups is 1. The van der Waals surface area contributed by atoms with E-state index in [0.29, 0.717) is 28.6 Å². The van der Waals surface area contributed by atoms with E-state index in [9.17, 15) is 14.7 Å². The molecule has 0 spiro atoms. The smallest absolute Gasteiger partial charge is 0.332 e. The molecule has 3 aromatic heterocycles. The number of hydrogen-bond donors (Lipinski definition) is 2. The largest absolute Gasteiger partial charge is 0.393 e. The molecule has 0 bridgehead atoms. The van der Waals surface area contributed by atoms with E-state index in [1.807, 2.05) is 35.9 Å². The van der Waals surface area contributed by atoms with Crippen LogP contribution in [0.3, 0.4) is 0 Å². The summed E-state index contributed by atoms with van der Waals surface area (Å²) in [5.41, 5.74) is 1.67. The van der Waals surface area contributed by atoms with Crippen LogP contribution in [-0.4, -0.2) is 40.5 Å². The first-order valence-corrected chi connectivity index (χ1v) is 11.0. The number of aromatic nitrogens is 5. The van der Waals surface area contributed by atoms with Gasteiger partial charge in [-0.1, -0.05) is 11.6 Å². The second kappa shape index (κ2) is 7.53. The Kier molecular flexibility index (Phi) is 4.90. The zero-order valence-electron chi connectivity index (χ0n) is 18.2. The summed E-state index contributed by atoms with van der Waals surface area (Å²) in [6, 6.07) is 7.63. The van der Waals surface area contributed by atoms with Crippen molar-refractivity contribution in [2.75, 3.05) is 5.32 Å². The lowest BCUT2D eigenvalue weighted by Gasteiger charge is -2.12. The number of anilines is 1. The van der Waals surface area contributed by atoms with E-state index in [-0.39, 0.29) is 24.2 Å². The summed E-state index contributed by atoms with van der Waals surface area (Å²) in [5.74, 6) is 0.517. The first-order chi connectivity index (χ1) is 15.2. The minimum Gasteiger partial charge on any atom is -0.393 e. The number of halogens is 1. The average Bonchev–Trinajstić information content (AvgIpc) is 3.40. The van der Waals surface area contributed by atoms with Gasteiger partial charge in [0.25, 0.3) is 5.56 Å². The third-order valence-corrected chi connectivity index (χ3v) is 6.76. The highest BCUT2D eigenvalue weighted by Crippen LogP contribution is 2.25. The van der Waals surface area contributed by atoms with Crippen molar-refractivity contribution < 1.29 is 5.11 Å². The lowest BCUT2D eigenvalue weighted by atomic mass is 10.2. The van der Waals surface area contributed by atoms with E-state index >= 15 is 0 Å². The number of fused-ring (bicyclic) bond motifs is 2. The highest BCUT2D eigenvalue weighted by atomic mass is 35.5. The van der Waals surface area contributed by atoms with E-state index in [4.69, 9.17) is 11.6 Å². The third-order valence-electron chi connectivity index (χ3n) is 6.52. The predicted molar refractivity (Wildman–Crippen MR) is 125 cm³/mol. The van der Waals surface area contributed by atoms with Gasteiger partial charge >= 0.3 is 5.69 Å². The Morgan fingerprint density at radius 2 is 1.91 bits per heavy atom. The molecule has 1 fully saturated rings. The maximum Gasteiger partial charge on any atom is 0.332 e. The highest BCUT2D eigenvalue weighted by Gasteiger charge is 2.25. The quantitative estimate of drug-likeness (QED) is 0.489. The number of imidazole rings is 1. The van der Waals surface area contributed by atoms with Gasteiger partial charge in [-0.25, -0.2) is 4.79 Å². The number of aryl methyl sites for hydroxylation is 3. The molecule has 4 aromatic rings. The van der Waals surface area contributed by atoms with E-state index in [2.05, 4.69) is 10.3 Å². The monoisotopic (exact) mass is 456 g/mol. The molecule has 0 amide bonds. The van der Waals surface area contributed by atoms with Crippen LogP contribution in [0.2, 0.25) is 5.02 Å². The maximum atomic E-state index is 13.4. The molecular weight excluding hydrogens is 432 g/mol. The predicted octanol–water partition coefficient (Wildman–Crippen LogP) is 1.95. The van der Waals surface area contributed by atoms with Crippen LogP contribution in [0, 0.1) is 0 Å². The van der Waals surface area contributed by atoms with E-state index < -0.39 is 5.69 Å². The molecule has 32 heavy (non-hydrogen) atoms. The Labute approximate surface area is 188 Å². The van der Waals surface area contributed by atoms with Crippen LogP contribution in [0.15, 0.2) is 33.9 Å². The van der Waals surface area contributed by atoms with Crippen molar-refractivity contribution in [1.29, 1.82) is 0 Å². The molecule has 0 radical (unpaired) electrons. The van der Waals surface area contributed by atoms with Crippen LogP contribution in [-0.2, 0) is 27.7 Å². The van der Waals surface area contributed by atoms with Crippen LogP contribution in [0.4, 0.5) is 5.95 Å². The molecule has 168 valence electrons. The zero-order valence-corrected chi connectivity index (χ0v) is 18.9. The lowest BCUT2D eigenvalue weighted by Crippen LogP contribution is -2.40. The van der Waals surface area contributed by atoms with Crippen LogP contribution in [0.1, 0.15) is 25.0 Å². The van der Waals surface area contributed by atoms with Crippen molar-refractivity contribution >= 4 is 39.6 Å². The van der Waals surface area contributed by atoms with Crippen LogP contribution in [0.5, 0.6) is 0 Å². The van der Waals surface area contributed by atoms with Gasteiger partial charge in [-0.05, 0) is 43.5 Å². The zero-order chi connectivity index (χ0) is 22.7. The SMILES string of the molecule is Cn1c(Cn2c(=O)c3c(nc(NC4CCC(O)C4)n3C)n(C)c2=O)cc2cc(Cl)ccc21. The molecule has 1 aliphatic rings. The Hall–Kier alpha value is -3.04. The molecule has 9 nitrogen and oxygen atoms in total. The molecule has 3 heterocycles. The molecule has 2 N–H and O–H groups in total. The molecular formula is C22H25ClN6O3. The average molecular weight is 457 g/mol. The Bertz CT molecular complexity index is 1480. The summed E-state index contributed by atoms with van der Waals surface area (Å²) in [6.07, 6.45) is 1.89. The van der Waals surface area contributed by atoms with Gasteiger partial charge in [-0.2, -0.15) is 4.98 Å². The maximum absolute atomic E-state index is 13.4.